The third-order valence-electron chi connectivity index (χ3n) is 8.05. The van der Waals surface area contributed by atoms with Gasteiger partial charge >= 0.3 is 0 Å². The third-order valence-corrected chi connectivity index (χ3v) is 8.05. The van der Waals surface area contributed by atoms with Crippen LogP contribution in [-0.2, 0) is 35.5 Å². The standard InChI is InChI=1S/C37H34N6O2/c1-27-38-23-30(24-39-27)15-18-36(44)43(25-29-13-16-32(17-14-29)34-12-7-20-40-41-34)35(22-28-8-3-2-4-9-28)37(45)42-21-19-31-10-5-6-11-33(31)26-42/h2-18,20,23-24,35H,19,21-22,25-26H2,1H3. The highest BCUT2D eigenvalue weighted by atomic mass is 16.2. The van der Waals surface area contributed by atoms with Crippen LogP contribution in [0.3, 0.4) is 0 Å². The van der Waals surface area contributed by atoms with E-state index in [1.165, 1.54) is 11.6 Å². The number of rotatable bonds is 9. The fourth-order valence-corrected chi connectivity index (χ4v) is 5.59. The molecule has 1 atom stereocenters. The van der Waals surface area contributed by atoms with Crippen LogP contribution in [0.1, 0.15) is 33.6 Å². The first-order chi connectivity index (χ1) is 22.0. The number of aryl methyl sites for hydroxylation is 1. The van der Waals surface area contributed by atoms with Gasteiger partial charge in [-0.3, -0.25) is 9.59 Å². The lowest BCUT2D eigenvalue weighted by molar-refractivity contribution is -0.144. The van der Waals surface area contributed by atoms with Gasteiger partial charge in [0.25, 0.3) is 0 Å². The van der Waals surface area contributed by atoms with Crippen molar-refractivity contribution in [2.24, 2.45) is 0 Å². The van der Waals surface area contributed by atoms with E-state index in [4.69, 9.17) is 0 Å². The Morgan fingerprint density at radius 3 is 2.33 bits per heavy atom. The zero-order valence-corrected chi connectivity index (χ0v) is 25.2. The molecule has 0 saturated carbocycles. The molecule has 0 fully saturated rings. The summed E-state index contributed by atoms with van der Waals surface area (Å²) in [5.74, 6) is 0.326. The van der Waals surface area contributed by atoms with Crippen LogP contribution in [0, 0.1) is 6.92 Å². The van der Waals surface area contributed by atoms with Gasteiger partial charge in [-0.15, -0.1) is 0 Å². The number of carbonyl (C=O) groups is 2. The Hall–Kier alpha value is -5.50. The Labute approximate surface area is 263 Å². The number of hydrogen-bond donors (Lipinski definition) is 0. The van der Waals surface area contributed by atoms with E-state index in [0.717, 1.165) is 34.4 Å². The summed E-state index contributed by atoms with van der Waals surface area (Å²) < 4.78 is 0. The molecule has 5 aromatic rings. The van der Waals surface area contributed by atoms with E-state index in [9.17, 15) is 9.59 Å². The first kappa shape index (κ1) is 29.6. The minimum atomic E-state index is -0.719. The Kier molecular flexibility index (Phi) is 9.11. The molecule has 0 bridgehead atoms. The average Bonchev–Trinajstić information content (AvgIpc) is 3.10. The summed E-state index contributed by atoms with van der Waals surface area (Å²) >= 11 is 0. The molecular weight excluding hydrogens is 560 g/mol. The summed E-state index contributed by atoms with van der Waals surface area (Å²) in [6, 6.07) is 29.1. The summed E-state index contributed by atoms with van der Waals surface area (Å²) in [4.78, 5) is 40.7. The van der Waals surface area contributed by atoms with Gasteiger partial charge in [-0.25, -0.2) is 9.97 Å². The van der Waals surface area contributed by atoms with Gasteiger partial charge in [0.05, 0.1) is 5.69 Å². The smallest absolute Gasteiger partial charge is 0.247 e. The van der Waals surface area contributed by atoms with Crippen molar-refractivity contribution in [2.75, 3.05) is 6.54 Å². The summed E-state index contributed by atoms with van der Waals surface area (Å²) in [5.41, 5.74) is 6.70. The first-order valence-electron chi connectivity index (χ1n) is 15.1. The highest BCUT2D eigenvalue weighted by Gasteiger charge is 2.34. The molecule has 1 aliphatic heterocycles. The topological polar surface area (TPSA) is 92.2 Å². The van der Waals surface area contributed by atoms with Gasteiger partial charge in [0.15, 0.2) is 0 Å². The van der Waals surface area contributed by atoms with Crippen molar-refractivity contribution in [3.05, 3.63) is 149 Å². The van der Waals surface area contributed by atoms with Gasteiger partial charge in [0, 0.05) is 61.8 Å². The summed E-state index contributed by atoms with van der Waals surface area (Å²) in [5, 5.41) is 8.19. The molecule has 8 heteroatoms. The molecule has 0 aliphatic carbocycles. The summed E-state index contributed by atoms with van der Waals surface area (Å²) in [6.45, 7) is 3.19. The summed E-state index contributed by atoms with van der Waals surface area (Å²) in [6.07, 6.45) is 9.39. The second kappa shape index (κ2) is 13.9. The van der Waals surface area contributed by atoms with E-state index in [1.807, 2.05) is 90.7 Å². The molecule has 0 saturated heterocycles. The maximum absolute atomic E-state index is 14.5. The van der Waals surface area contributed by atoms with Gasteiger partial charge in [-0.2, -0.15) is 10.2 Å². The van der Waals surface area contributed by atoms with Crippen molar-refractivity contribution in [3.63, 3.8) is 0 Å². The van der Waals surface area contributed by atoms with Crippen molar-refractivity contribution in [1.82, 2.24) is 30.0 Å². The Balaban J connectivity index is 1.34. The molecule has 0 radical (unpaired) electrons. The largest absolute Gasteiger partial charge is 0.336 e. The number of amides is 2. The van der Waals surface area contributed by atoms with Gasteiger partial charge in [-0.1, -0.05) is 78.9 Å². The maximum atomic E-state index is 14.5. The minimum Gasteiger partial charge on any atom is -0.336 e. The molecule has 2 aromatic heterocycles. The van der Waals surface area contributed by atoms with E-state index in [0.29, 0.717) is 30.9 Å². The molecule has 8 nitrogen and oxygen atoms in total. The second-order valence-corrected chi connectivity index (χ2v) is 11.2. The van der Waals surface area contributed by atoms with E-state index < -0.39 is 6.04 Å². The number of aromatic nitrogens is 4. The monoisotopic (exact) mass is 594 g/mol. The van der Waals surface area contributed by atoms with Crippen molar-refractivity contribution in [2.45, 2.75) is 38.9 Å². The molecule has 6 rings (SSSR count). The number of nitrogens with zero attached hydrogens (tertiary/aromatic N) is 6. The highest BCUT2D eigenvalue weighted by Crippen LogP contribution is 2.24. The lowest BCUT2D eigenvalue weighted by atomic mass is 9.97. The lowest BCUT2D eigenvalue weighted by Gasteiger charge is -2.37. The number of benzene rings is 3. The molecule has 2 amide bonds. The predicted molar refractivity (Wildman–Crippen MR) is 173 cm³/mol. The van der Waals surface area contributed by atoms with Crippen LogP contribution in [0.5, 0.6) is 0 Å². The van der Waals surface area contributed by atoms with Crippen LogP contribution in [0.15, 0.2) is 116 Å². The van der Waals surface area contributed by atoms with E-state index in [2.05, 4.69) is 32.3 Å². The molecule has 3 heterocycles. The molecule has 3 aromatic carbocycles. The molecule has 224 valence electrons. The number of carbonyl (C=O) groups excluding carboxylic acids is 2. The Morgan fingerprint density at radius 1 is 0.867 bits per heavy atom. The van der Waals surface area contributed by atoms with Crippen molar-refractivity contribution in [3.8, 4) is 11.3 Å². The minimum absolute atomic E-state index is 0.0649. The van der Waals surface area contributed by atoms with E-state index in [-0.39, 0.29) is 18.4 Å². The molecule has 1 aliphatic rings. The first-order valence-corrected chi connectivity index (χ1v) is 15.1. The Morgan fingerprint density at radius 2 is 1.60 bits per heavy atom. The van der Waals surface area contributed by atoms with Crippen LogP contribution in [0.4, 0.5) is 0 Å². The van der Waals surface area contributed by atoms with E-state index in [1.54, 1.807) is 29.6 Å². The van der Waals surface area contributed by atoms with E-state index >= 15 is 0 Å². The van der Waals surface area contributed by atoms with Gasteiger partial charge in [-0.05, 0) is 53.8 Å². The normalized spacial score (nSPS) is 13.3. The zero-order chi connectivity index (χ0) is 31.0. The quantitative estimate of drug-likeness (QED) is 0.210. The second-order valence-electron chi connectivity index (χ2n) is 11.2. The molecule has 1 unspecified atom stereocenters. The van der Waals surface area contributed by atoms with Gasteiger partial charge in [0.1, 0.15) is 11.9 Å². The average molecular weight is 595 g/mol. The predicted octanol–water partition coefficient (Wildman–Crippen LogP) is 5.48. The van der Waals surface area contributed by atoms with Crippen LogP contribution >= 0.6 is 0 Å². The van der Waals surface area contributed by atoms with Crippen LogP contribution in [0.2, 0.25) is 0 Å². The van der Waals surface area contributed by atoms with Crippen LogP contribution < -0.4 is 0 Å². The zero-order valence-electron chi connectivity index (χ0n) is 25.2. The van der Waals surface area contributed by atoms with Gasteiger partial charge in [0.2, 0.25) is 11.8 Å². The van der Waals surface area contributed by atoms with Crippen molar-refractivity contribution in [1.29, 1.82) is 0 Å². The van der Waals surface area contributed by atoms with Crippen LogP contribution in [0.25, 0.3) is 17.3 Å². The van der Waals surface area contributed by atoms with Crippen LogP contribution in [-0.4, -0.2) is 54.4 Å². The fourth-order valence-electron chi connectivity index (χ4n) is 5.59. The summed E-state index contributed by atoms with van der Waals surface area (Å²) in [7, 11) is 0. The van der Waals surface area contributed by atoms with Gasteiger partial charge < -0.3 is 9.80 Å². The SMILES string of the molecule is Cc1ncc(C=CC(=O)N(Cc2ccc(-c3cccnn3)cc2)C(Cc2ccccc2)C(=O)N2CCc3ccccc3C2)cn1. The van der Waals surface area contributed by atoms with Crippen molar-refractivity contribution < 1.29 is 9.59 Å². The highest BCUT2D eigenvalue weighted by molar-refractivity contribution is 5.95. The lowest BCUT2D eigenvalue weighted by Crippen LogP contribution is -2.52. The molecule has 45 heavy (non-hydrogen) atoms. The van der Waals surface area contributed by atoms with Crippen molar-refractivity contribution >= 4 is 17.9 Å². The molecule has 0 spiro atoms. The number of fused-ring (bicyclic) bond motifs is 1. The third kappa shape index (κ3) is 7.36. The molecular formula is C37H34N6O2. The number of hydrogen-bond acceptors (Lipinski definition) is 6. The fraction of sp³-hybridized carbons (Fsp3) is 0.189. The maximum Gasteiger partial charge on any atom is 0.247 e. The molecule has 0 N–H and O–H groups in total. The Bertz CT molecular complexity index is 1770.